The molecule has 2 rings (SSSR count). The number of anilines is 1. The van der Waals surface area contributed by atoms with Crippen LogP contribution in [-0.4, -0.2) is 34.9 Å². The van der Waals surface area contributed by atoms with E-state index in [-0.39, 0.29) is 5.91 Å². The van der Waals surface area contributed by atoms with Gasteiger partial charge in [0.2, 0.25) is 5.91 Å². The number of rotatable bonds is 4. The van der Waals surface area contributed by atoms with Gasteiger partial charge in [0.05, 0.1) is 6.54 Å². The van der Waals surface area contributed by atoms with Crippen molar-refractivity contribution in [1.29, 1.82) is 0 Å². The van der Waals surface area contributed by atoms with Gasteiger partial charge in [-0.3, -0.25) is 9.69 Å². The zero-order valence-electron chi connectivity index (χ0n) is 12.6. The molecule has 1 saturated heterocycles. The van der Waals surface area contributed by atoms with Gasteiger partial charge in [0.15, 0.2) is 0 Å². The molecule has 0 aliphatic carbocycles. The Morgan fingerprint density at radius 1 is 1.38 bits per heavy atom. The number of nitrogens with zero attached hydrogens (tertiary/aromatic N) is 1. The van der Waals surface area contributed by atoms with Crippen LogP contribution in [0.2, 0.25) is 0 Å². The Kier molecular flexibility index (Phi) is 5.31. The van der Waals surface area contributed by atoms with Crippen LogP contribution in [0.4, 0.5) is 5.69 Å². The second kappa shape index (κ2) is 7.00. The fourth-order valence-electron chi connectivity index (χ4n) is 2.75. The van der Waals surface area contributed by atoms with Crippen molar-refractivity contribution in [3.8, 4) is 0 Å². The fourth-order valence-corrected chi connectivity index (χ4v) is 2.88. The Labute approximate surface area is 131 Å². The molecule has 0 saturated carbocycles. The van der Waals surface area contributed by atoms with Gasteiger partial charge in [-0.2, -0.15) is 0 Å². The summed E-state index contributed by atoms with van der Waals surface area (Å²) in [5.41, 5.74) is 7.14. The molecule has 1 aromatic carbocycles. The predicted molar refractivity (Wildman–Crippen MR) is 90.4 cm³/mol. The minimum Gasteiger partial charge on any atom is -0.389 e. The Morgan fingerprint density at radius 3 is 2.67 bits per heavy atom. The van der Waals surface area contributed by atoms with Gasteiger partial charge >= 0.3 is 0 Å². The molecule has 1 fully saturated rings. The van der Waals surface area contributed by atoms with E-state index in [0.717, 1.165) is 17.8 Å². The molecule has 3 N–H and O–H groups in total. The van der Waals surface area contributed by atoms with Gasteiger partial charge < -0.3 is 11.1 Å². The van der Waals surface area contributed by atoms with E-state index in [1.54, 1.807) is 0 Å². The van der Waals surface area contributed by atoms with Crippen LogP contribution in [0.25, 0.3) is 0 Å². The zero-order valence-corrected chi connectivity index (χ0v) is 13.5. The average molecular weight is 305 g/mol. The summed E-state index contributed by atoms with van der Waals surface area (Å²) in [6.07, 6.45) is 2.42. The summed E-state index contributed by atoms with van der Waals surface area (Å²) in [6.45, 7) is 5.90. The highest BCUT2D eigenvalue weighted by Gasteiger charge is 2.25. The number of nitrogens with one attached hydrogen (secondary N) is 1. The largest absolute Gasteiger partial charge is 0.389 e. The Bertz CT molecular complexity index is 515. The van der Waals surface area contributed by atoms with Crippen molar-refractivity contribution in [2.45, 2.75) is 32.7 Å². The first-order valence-electron chi connectivity index (χ1n) is 7.41. The van der Waals surface area contributed by atoms with Crippen molar-refractivity contribution in [2.24, 2.45) is 11.7 Å². The van der Waals surface area contributed by atoms with Crippen LogP contribution in [0.1, 0.15) is 32.3 Å². The van der Waals surface area contributed by atoms with E-state index in [0.29, 0.717) is 23.5 Å². The molecule has 1 aliphatic rings. The quantitative estimate of drug-likeness (QED) is 0.839. The molecular formula is C16H23N3OS. The first kappa shape index (κ1) is 15.9. The molecule has 5 heteroatoms. The number of piperidine rings is 1. The van der Waals surface area contributed by atoms with E-state index in [2.05, 4.69) is 24.1 Å². The summed E-state index contributed by atoms with van der Waals surface area (Å²) < 4.78 is 0. The zero-order chi connectivity index (χ0) is 15.4. The van der Waals surface area contributed by atoms with Gasteiger partial charge in [0.1, 0.15) is 4.99 Å². The Balaban J connectivity index is 1.90. The van der Waals surface area contributed by atoms with E-state index in [4.69, 9.17) is 18.0 Å². The van der Waals surface area contributed by atoms with E-state index < -0.39 is 0 Å². The third-order valence-electron chi connectivity index (χ3n) is 4.30. The molecule has 1 aliphatic heterocycles. The number of carbonyl (C=O) groups is 1. The third kappa shape index (κ3) is 4.25. The van der Waals surface area contributed by atoms with Gasteiger partial charge in [0.25, 0.3) is 0 Å². The van der Waals surface area contributed by atoms with Crippen molar-refractivity contribution in [2.75, 3.05) is 18.4 Å². The smallest absolute Gasteiger partial charge is 0.238 e. The molecule has 4 nitrogen and oxygen atoms in total. The molecule has 1 heterocycles. The second-order valence-corrected chi connectivity index (χ2v) is 6.26. The van der Waals surface area contributed by atoms with Crippen molar-refractivity contribution in [3.05, 3.63) is 29.8 Å². The maximum Gasteiger partial charge on any atom is 0.238 e. The van der Waals surface area contributed by atoms with Crippen LogP contribution >= 0.6 is 12.2 Å². The summed E-state index contributed by atoms with van der Waals surface area (Å²) in [4.78, 5) is 14.8. The monoisotopic (exact) mass is 305 g/mol. The Hall–Kier alpha value is -1.46. The average Bonchev–Trinajstić information content (AvgIpc) is 2.44. The van der Waals surface area contributed by atoms with Crippen LogP contribution < -0.4 is 11.1 Å². The fraction of sp³-hybridized carbons (Fsp3) is 0.500. The standard InChI is InChI=1S/C16H23N3OS/c1-11-4-3-9-19(12(11)2)10-15(20)18-14-7-5-13(6-8-14)16(17)21/h5-8,11-12H,3-4,9-10H2,1-2H3,(H2,17,21)(H,18,20). The molecule has 114 valence electrons. The first-order valence-corrected chi connectivity index (χ1v) is 7.82. The van der Waals surface area contributed by atoms with E-state index in [1.807, 2.05) is 24.3 Å². The van der Waals surface area contributed by atoms with Gasteiger partial charge in [-0.05, 0) is 56.5 Å². The lowest BCUT2D eigenvalue weighted by atomic mass is 9.92. The van der Waals surface area contributed by atoms with Crippen molar-refractivity contribution < 1.29 is 4.79 Å². The molecular weight excluding hydrogens is 282 g/mol. The summed E-state index contributed by atoms with van der Waals surface area (Å²) in [5, 5.41) is 2.93. The minimum atomic E-state index is 0.0269. The van der Waals surface area contributed by atoms with Crippen molar-refractivity contribution in [3.63, 3.8) is 0 Å². The second-order valence-electron chi connectivity index (χ2n) is 5.82. The lowest BCUT2D eigenvalue weighted by Gasteiger charge is -2.37. The molecule has 1 aromatic rings. The molecule has 1 amide bonds. The van der Waals surface area contributed by atoms with Crippen LogP contribution in [0.5, 0.6) is 0 Å². The summed E-state index contributed by atoms with van der Waals surface area (Å²) >= 11 is 4.91. The van der Waals surface area contributed by atoms with Gasteiger partial charge in [0, 0.05) is 17.3 Å². The number of carbonyl (C=O) groups excluding carboxylic acids is 1. The SMILES string of the molecule is CC1CCCN(CC(=O)Nc2ccc(C(N)=S)cc2)C1C. The van der Waals surface area contributed by atoms with Crippen molar-refractivity contribution >= 4 is 28.8 Å². The maximum absolute atomic E-state index is 12.1. The number of hydrogen-bond acceptors (Lipinski definition) is 3. The lowest BCUT2D eigenvalue weighted by Crippen LogP contribution is -2.46. The first-order chi connectivity index (χ1) is 9.97. The Morgan fingerprint density at radius 2 is 2.05 bits per heavy atom. The highest BCUT2D eigenvalue weighted by Crippen LogP contribution is 2.22. The summed E-state index contributed by atoms with van der Waals surface area (Å²) in [7, 11) is 0. The molecule has 0 bridgehead atoms. The van der Waals surface area contributed by atoms with Crippen LogP contribution in [0, 0.1) is 5.92 Å². The predicted octanol–water partition coefficient (Wildman–Crippen LogP) is 2.38. The number of benzene rings is 1. The van der Waals surface area contributed by atoms with Gasteiger partial charge in [-0.15, -0.1) is 0 Å². The molecule has 0 aromatic heterocycles. The molecule has 21 heavy (non-hydrogen) atoms. The van der Waals surface area contributed by atoms with E-state index in [1.165, 1.54) is 12.8 Å². The lowest BCUT2D eigenvalue weighted by molar-refractivity contribution is -0.118. The number of likely N-dealkylation sites (tertiary alicyclic amines) is 1. The third-order valence-corrected chi connectivity index (χ3v) is 4.54. The summed E-state index contributed by atoms with van der Waals surface area (Å²) in [6, 6.07) is 7.76. The molecule has 0 radical (unpaired) electrons. The van der Waals surface area contributed by atoms with Crippen molar-refractivity contribution in [1.82, 2.24) is 4.90 Å². The van der Waals surface area contributed by atoms with Crippen LogP contribution in [0.3, 0.4) is 0 Å². The number of hydrogen-bond donors (Lipinski definition) is 2. The van der Waals surface area contributed by atoms with E-state index in [9.17, 15) is 4.79 Å². The summed E-state index contributed by atoms with van der Waals surface area (Å²) in [5.74, 6) is 0.676. The highest BCUT2D eigenvalue weighted by molar-refractivity contribution is 7.80. The van der Waals surface area contributed by atoms with Crippen LogP contribution in [-0.2, 0) is 4.79 Å². The number of thiocarbonyl (C=S) groups is 1. The van der Waals surface area contributed by atoms with Gasteiger partial charge in [-0.25, -0.2) is 0 Å². The normalized spacial score (nSPS) is 22.8. The van der Waals surface area contributed by atoms with Crippen LogP contribution in [0.15, 0.2) is 24.3 Å². The number of nitrogens with two attached hydrogens (primary N) is 1. The topological polar surface area (TPSA) is 58.4 Å². The molecule has 0 spiro atoms. The minimum absolute atomic E-state index is 0.0269. The van der Waals surface area contributed by atoms with E-state index >= 15 is 0 Å². The maximum atomic E-state index is 12.1. The number of amides is 1. The highest BCUT2D eigenvalue weighted by atomic mass is 32.1. The molecule has 2 atom stereocenters. The van der Waals surface area contributed by atoms with Gasteiger partial charge in [-0.1, -0.05) is 19.1 Å². The molecule has 2 unspecified atom stereocenters.